The first-order valence-electron chi connectivity index (χ1n) is 7.73. The number of carbonyl (C=O) groups excluding carboxylic acids is 3. The molecule has 0 aliphatic heterocycles. The molecule has 2 aromatic rings. The fourth-order valence-electron chi connectivity index (χ4n) is 2.26. The van der Waals surface area contributed by atoms with E-state index in [-0.39, 0.29) is 34.4 Å². The van der Waals surface area contributed by atoms with E-state index in [2.05, 4.69) is 16.0 Å². The summed E-state index contributed by atoms with van der Waals surface area (Å²) in [6.45, 7) is 2.57. The second-order valence-electron chi connectivity index (χ2n) is 5.69. The molecule has 0 heterocycles. The monoisotopic (exact) mass is 379 g/mol. The largest absolute Gasteiger partial charge is 0.416 e. The molecule has 2 rings (SSSR count). The first kappa shape index (κ1) is 20.0. The first-order valence-corrected chi connectivity index (χ1v) is 7.73. The number of benzene rings is 2. The highest BCUT2D eigenvalue weighted by molar-refractivity contribution is 6.06. The van der Waals surface area contributed by atoms with E-state index in [4.69, 9.17) is 0 Å². The minimum Gasteiger partial charge on any atom is -0.326 e. The molecule has 0 saturated carbocycles. The number of hydrogen-bond acceptors (Lipinski definition) is 3. The van der Waals surface area contributed by atoms with Crippen molar-refractivity contribution in [2.24, 2.45) is 0 Å². The fourth-order valence-corrected chi connectivity index (χ4v) is 2.26. The molecule has 0 aliphatic carbocycles. The second kappa shape index (κ2) is 7.90. The number of alkyl halides is 3. The minimum atomic E-state index is -4.47. The van der Waals surface area contributed by atoms with Crippen LogP contribution in [0.1, 0.15) is 29.8 Å². The molecule has 0 unspecified atom stereocenters. The first-order chi connectivity index (χ1) is 12.5. The van der Waals surface area contributed by atoms with Crippen LogP contribution in [0.2, 0.25) is 0 Å². The van der Waals surface area contributed by atoms with Crippen LogP contribution in [0.4, 0.5) is 30.2 Å². The van der Waals surface area contributed by atoms with Gasteiger partial charge in [-0.25, -0.2) is 0 Å². The maximum Gasteiger partial charge on any atom is 0.416 e. The molecule has 9 heteroatoms. The number of rotatable bonds is 4. The molecule has 0 radical (unpaired) electrons. The number of nitrogens with one attached hydrogen (secondary N) is 3. The zero-order valence-corrected chi connectivity index (χ0v) is 14.4. The number of anilines is 3. The van der Waals surface area contributed by atoms with Crippen LogP contribution in [0.3, 0.4) is 0 Å². The van der Waals surface area contributed by atoms with Crippen LogP contribution in [-0.4, -0.2) is 17.7 Å². The Kier molecular flexibility index (Phi) is 5.84. The van der Waals surface area contributed by atoms with E-state index in [1.54, 1.807) is 0 Å². The van der Waals surface area contributed by atoms with E-state index in [0.717, 1.165) is 24.3 Å². The van der Waals surface area contributed by atoms with Crippen molar-refractivity contribution in [3.05, 3.63) is 53.6 Å². The lowest BCUT2D eigenvalue weighted by atomic mass is 10.1. The van der Waals surface area contributed by atoms with Gasteiger partial charge in [-0.2, -0.15) is 13.2 Å². The van der Waals surface area contributed by atoms with E-state index in [9.17, 15) is 27.6 Å². The lowest BCUT2D eigenvalue weighted by molar-refractivity contribution is -0.137. The highest BCUT2D eigenvalue weighted by Gasteiger charge is 2.30. The van der Waals surface area contributed by atoms with Crippen LogP contribution in [0.5, 0.6) is 0 Å². The van der Waals surface area contributed by atoms with Gasteiger partial charge in [0.15, 0.2) is 0 Å². The molecule has 2 aromatic carbocycles. The van der Waals surface area contributed by atoms with Gasteiger partial charge in [0.05, 0.1) is 5.56 Å². The van der Waals surface area contributed by atoms with Crippen molar-refractivity contribution >= 4 is 34.8 Å². The molecular weight excluding hydrogens is 363 g/mol. The van der Waals surface area contributed by atoms with Crippen LogP contribution in [0.25, 0.3) is 0 Å². The number of carbonyl (C=O) groups is 3. The van der Waals surface area contributed by atoms with Crippen LogP contribution in [0, 0.1) is 0 Å². The van der Waals surface area contributed by atoms with Gasteiger partial charge in [0, 0.05) is 36.5 Å². The number of amides is 3. The topological polar surface area (TPSA) is 87.3 Å². The summed E-state index contributed by atoms with van der Waals surface area (Å²) in [4.78, 5) is 34.9. The molecule has 0 aliphatic rings. The summed E-state index contributed by atoms with van der Waals surface area (Å²) in [5.41, 5.74) is 0.00245. The Morgan fingerprint density at radius 3 is 1.63 bits per heavy atom. The lowest BCUT2D eigenvalue weighted by Gasteiger charge is -2.12. The predicted molar refractivity (Wildman–Crippen MR) is 94.4 cm³/mol. The van der Waals surface area contributed by atoms with Gasteiger partial charge in [-0.15, -0.1) is 0 Å². The summed E-state index contributed by atoms with van der Waals surface area (Å²) in [5, 5.41) is 7.48. The third-order valence-electron chi connectivity index (χ3n) is 3.31. The normalized spacial score (nSPS) is 10.9. The van der Waals surface area contributed by atoms with Gasteiger partial charge in [0.2, 0.25) is 11.8 Å². The molecule has 0 saturated heterocycles. The Balaban J connectivity index is 2.25. The lowest BCUT2D eigenvalue weighted by Crippen LogP contribution is -2.15. The SMILES string of the molecule is CC(=O)Nc1cc(NC(C)=O)cc(C(=O)Nc2ccc(C(F)(F)F)cc2)c1. The maximum absolute atomic E-state index is 12.6. The van der Waals surface area contributed by atoms with Crippen molar-refractivity contribution < 1.29 is 27.6 Å². The van der Waals surface area contributed by atoms with Gasteiger partial charge in [-0.3, -0.25) is 14.4 Å². The molecule has 142 valence electrons. The third-order valence-corrected chi connectivity index (χ3v) is 3.31. The Bertz CT molecular complexity index is 843. The zero-order valence-electron chi connectivity index (χ0n) is 14.4. The summed E-state index contributed by atoms with van der Waals surface area (Å²) >= 11 is 0. The van der Waals surface area contributed by atoms with E-state index >= 15 is 0 Å². The molecule has 0 bridgehead atoms. The summed E-state index contributed by atoms with van der Waals surface area (Å²) < 4.78 is 37.8. The standard InChI is InChI=1S/C18H16F3N3O3/c1-10(25)22-15-7-12(8-16(9-15)23-11(2)26)17(27)24-14-5-3-13(4-6-14)18(19,20)21/h3-9H,1-2H3,(H,22,25)(H,23,26)(H,24,27). The molecule has 0 spiro atoms. The Morgan fingerprint density at radius 1 is 0.741 bits per heavy atom. The van der Waals surface area contributed by atoms with Crippen molar-refractivity contribution in [2.75, 3.05) is 16.0 Å². The summed E-state index contributed by atoms with van der Waals surface area (Å²) in [5.74, 6) is -1.36. The van der Waals surface area contributed by atoms with Gasteiger partial charge < -0.3 is 16.0 Å². The number of halogens is 3. The summed E-state index contributed by atoms with van der Waals surface area (Å²) in [6.07, 6.45) is -4.47. The molecule has 3 N–H and O–H groups in total. The second-order valence-corrected chi connectivity index (χ2v) is 5.69. The molecule has 0 fully saturated rings. The Labute approximate surface area is 152 Å². The highest BCUT2D eigenvalue weighted by atomic mass is 19.4. The zero-order chi connectivity index (χ0) is 20.2. The highest BCUT2D eigenvalue weighted by Crippen LogP contribution is 2.30. The maximum atomic E-state index is 12.6. The van der Waals surface area contributed by atoms with Crippen molar-refractivity contribution in [1.29, 1.82) is 0 Å². The van der Waals surface area contributed by atoms with Gasteiger partial charge >= 0.3 is 6.18 Å². The molecule has 3 amide bonds. The van der Waals surface area contributed by atoms with Gasteiger partial charge in [0.25, 0.3) is 5.91 Å². The average Bonchev–Trinajstić information content (AvgIpc) is 2.53. The van der Waals surface area contributed by atoms with Crippen molar-refractivity contribution in [1.82, 2.24) is 0 Å². The smallest absolute Gasteiger partial charge is 0.326 e. The van der Waals surface area contributed by atoms with Gasteiger partial charge in [0.1, 0.15) is 0 Å². The van der Waals surface area contributed by atoms with E-state index < -0.39 is 17.6 Å². The summed E-state index contributed by atoms with van der Waals surface area (Å²) in [7, 11) is 0. The van der Waals surface area contributed by atoms with Crippen molar-refractivity contribution in [3.63, 3.8) is 0 Å². The van der Waals surface area contributed by atoms with Crippen molar-refractivity contribution in [3.8, 4) is 0 Å². The predicted octanol–water partition coefficient (Wildman–Crippen LogP) is 3.87. The Hall–Kier alpha value is -3.36. The number of hydrogen-bond donors (Lipinski definition) is 3. The van der Waals surface area contributed by atoms with Gasteiger partial charge in [-0.1, -0.05) is 0 Å². The summed E-state index contributed by atoms with van der Waals surface area (Å²) in [6, 6.07) is 8.20. The molecular formula is C18H16F3N3O3. The van der Waals surface area contributed by atoms with E-state index in [1.165, 1.54) is 32.0 Å². The van der Waals surface area contributed by atoms with E-state index in [0.29, 0.717) is 0 Å². The molecule has 6 nitrogen and oxygen atoms in total. The fraction of sp³-hybridized carbons (Fsp3) is 0.167. The third kappa shape index (κ3) is 5.84. The van der Waals surface area contributed by atoms with Crippen LogP contribution in [-0.2, 0) is 15.8 Å². The van der Waals surface area contributed by atoms with E-state index in [1.807, 2.05) is 0 Å². The minimum absolute atomic E-state index is 0.102. The van der Waals surface area contributed by atoms with Gasteiger partial charge in [-0.05, 0) is 42.5 Å². The quantitative estimate of drug-likeness (QED) is 0.754. The Morgan fingerprint density at radius 2 is 1.22 bits per heavy atom. The molecule has 27 heavy (non-hydrogen) atoms. The van der Waals surface area contributed by atoms with Crippen LogP contribution in [0.15, 0.2) is 42.5 Å². The average molecular weight is 379 g/mol. The van der Waals surface area contributed by atoms with Crippen LogP contribution < -0.4 is 16.0 Å². The molecule has 0 aromatic heterocycles. The van der Waals surface area contributed by atoms with Crippen molar-refractivity contribution in [2.45, 2.75) is 20.0 Å². The van der Waals surface area contributed by atoms with Crippen LogP contribution >= 0.6 is 0 Å². The molecule has 0 atom stereocenters.